The van der Waals surface area contributed by atoms with Crippen molar-refractivity contribution in [2.75, 3.05) is 13.0 Å². The van der Waals surface area contributed by atoms with Crippen LogP contribution in [0.5, 0.6) is 0 Å². The second kappa shape index (κ2) is 5.56. The molecule has 0 aliphatic heterocycles. The molecule has 0 saturated heterocycles. The van der Waals surface area contributed by atoms with E-state index in [1.54, 1.807) is 0 Å². The van der Waals surface area contributed by atoms with Crippen molar-refractivity contribution in [3.05, 3.63) is 0 Å². The van der Waals surface area contributed by atoms with Crippen molar-refractivity contribution >= 4 is 18.6 Å². The van der Waals surface area contributed by atoms with Crippen LogP contribution in [0.1, 0.15) is 13.3 Å². The highest BCUT2D eigenvalue weighted by molar-refractivity contribution is 7.80. The topological polar surface area (TPSA) is 38.3 Å². The summed E-state index contributed by atoms with van der Waals surface area (Å²) in [6.07, 6.45) is 0.400. The van der Waals surface area contributed by atoms with Gasteiger partial charge in [-0.05, 0) is 6.92 Å². The van der Waals surface area contributed by atoms with Crippen LogP contribution in [0.4, 0.5) is 0 Å². The van der Waals surface area contributed by atoms with Crippen molar-refractivity contribution < 1.29 is 9.53 Å². The van der Waals surface area contributed by atoms with E-state index in [4.69, 9.17) is 0 Å². The van der Waals surface area contributed by atoms with Gasteiger partial charge in [-0.25, -0.2) is 0 Å². The van der Waals surface area contributed by atoms with E-state index in [1.165, 1.54) is 7.11 Å². The van der Waals surface area contributed by atoms with Crippen molar-refractivity contribution in [1.82, 2.24) is 5.32 Å². The number of hydrogen-bond acceptors (Lipinski definition) is 4. The van der Waals surface area contributed by atoms with Crippen LogP contribution in [0.3, 0.4) is 0 Å². The third kappa shape index (κ3) is 4.64. The maximum absolute atomic E-state index is 10.6. The fourth-order valence-corrected chi connectivity index (χ4v) is 0.873. The number of hydrogen-bond donors (Lipinski definition) is 2. The molecule has 0 aromatic heterocycles. The van der Waals surface area contributed by atoms with E-state index in [2.05, 4.69) is 22.7 Å². The molecule has 0 amide bonds. The summed E-state index contributed by atoms with van der Waals surface area (Å²) in [7, 11) is 1.38. The van der Waals surface area contributed by atoms with Crippen molar-refractivity contribution in [3.8, 4) is 0 Å². The quantitative estimate of drug-likeness (QED) is 0.358. The summed E-state index contributed by atoms with van der Waals surface area (Å²) in [5, 5.41) is 2.97. The summed E-state index contributed by atoms with van der Waals surface area (Å²) >= 11 is 3.95. The summed E-state index contributed by atoms with van der Waals surface area (Å²) in [5.41, 5.74) is 0. The maximum Gasteiger partial charge on any atom is 0.307 e. The highest BCUT2D eigenvalue weighted by Gasteiger charge is 2.06. The van der Waals surface area contributed by atoms with E-state index >= 15 is 0 Å². The molecule has 1 unspecified atom stereocenters. The molecule has 0 fully saturated rings. The highest BCUT2D eigenvalue weighted by Crippen LogP contribution is 1.92. The normalized spacial score (nSPS) is 12.7. The Labute approximate surface area is 66.5 Å². The molecule has 1 atom stereocenters. The molecule has 0 spiro atoms. The van der Waals surface area contributed by atoms with E-state index in [-0.39, 0.29) is 12.0 Å². The van der Waals surface area contributed by atoms with E-state index in [0.717, 1.165) is 0 Å². The Kier molecular flexibility index (Phi) is 5.43. The molecule has 3 nitrogen and oxygen atoms in total. The average molecular weight is 163 g/mol. The van der Waals surface area contributed by atoms with Crippen molar-refractivity contribution in [2.45, 2.75) is 19.4 Å². The van der Waals surface area contributed by atoms with Gasteiger partial charge >= 0.3 is 5.97 Å². The number of methoxy groups -OCH3 is 1. The van der Waals surface area contributed by atoms with Gasteiger partial charge in [0.05, 0.1) is 13.5 Å². The Morgan fingerprint density at radius 1 is 1.80 bits per heavy atom. The van der Waals surface area contributed by atoms with Gasteiger partial charge in [-0.15, -0.1) is 0 Å². The predicted octanol–water partition coefficient (Wildman–Crippen LogP) is 0.415. The lowest BCUT2D eigenvalue weighted by Gasteiger charge is -2.08. The zero-order valence-electron chi connectivity index (χ0n) is 6.26. The molecule has 0 bridgehead atoms. The summed E-state index contributed by atoms with van der Waals surface area (Å²) < 4.78 is 4.46. The minimum atomic E-state index is -0.193. The Hall–Kier alpha value is -0.220. The fraction of sp³-hybridized carbons (Fsp3) is 0.833. The molecule has 0 aliphatic rings. The Morgan fingerprint density at radius 2 is 2.40 bits per heavy atom. The summed E-state index contributed by atoms with van der Waals surface area (Å²) in [6.45, 7) is 1.91. The Balaban J connectivity index is 3.37. The van der Waals surface area contributed by atoms with Gasteiger partial charge in [-0.1, -0.05) is 0 Å². The van der Waals surface area contributed by atoms with Crippen molar-refractivity contribution in [2.24, 2.45) is 0 Å². The van der Waals surface area contributed by atoms with E-state index in [9.17, 15) is 4.79 Å². The van der Waals surface area contributed by atoms with E-state index in [1.807, 2.05) is 6.92 Å². The molecule has 0 radical (unpaired) electrons. The molecule has 0 aromatic carbocycles. The first kappa shape index (κ1) is 9.78. The van der Waals surface area contributed by atoms with Gasteiger partial charge in [0.25, 0.3) is 0 Å². The van der Waals surface area contributed by atoms with E-state index < -0.39 is 0 Å². The molecular weight excluding hydrogens is 150 g/mol. The van der Waals surface area contributed by atoms with Gasteiger partial charge in [0.2, 0.25) is 0 Å². The molecule has 0 rings (SSSR count). The van der Waals surface area contributed by atoms with Crippen LogP contribution in [0.25, 0.3) is 0 Å². The first-order chi connectivity index (χ1) is 4.70. The standard InChI is InChI=1S/C6H13NO2S/c1-5(7-4-10)3-6(8)9-2/h5,7,10H,3-4H2,1-2H3. The largest absolute Gasteiger partial charge is 0.469 e. The maximum atomic E-state index is 10.6. The SMILES string of the molecule is COC(=O)CC(C)NCS. The van der Waals surface area contributed by atoms with Gasteiger partial charge in [0, 0.05) is 11.9 Å². The smallest absolute Gasteiger partial charge is 0.307 e. The Bertz CT molecular complexity index is 108. The van der Waals surface area contributed by atoms with Crippen molar-refractivity contribution in [3.63, 3.8) is 0 Å². The number of ether oxygens (including phenoxy) is 1. The summed E-state index contributed by atoms with van der Waals surface area (Å²) in [6, 6.07) is 0.143. The average Bonchev–Trinajstić information content (AvgIpc) is 1.88. The van der Waals surface area contributed by atoms with Gasteiger partial charge in [-0.3, -0.25) is 4.79 Å². The van der Waals surface area contributed by atoms with Crippen LogP contribution in [-0.4, -0.2) is 25.0 Å². The summed E-state index contributed by atoms with van der Waals surface area (Å²) in [4.78, 5) is 10.6. The van der Waals surface area contributed by atoms with Gasteiger partial charge in [-0.2, -0.15) is 12.6 Å². The number of carbonyl (C=O) groups is 1. The minimum absolute atomic E-state index is 0.143. The molecule has 0 saturated carbocycles. The lowest BCUT2D eigenvalue weighted by molar-refractivity contribution is -0.141. The highest BCUT2D eigenvalue weighted by atomic mass is 32.1. The second-order valence-electron chi connectivity index (χ2n) is 2.04. The first-order valence-electron chi connectivity index (χ1n) is 3.11. The number of carbonyl (C=O) groups excluding carboxylic acids is 1. The zero-order chi connectivity index (χ0) is 7.98. The number of nitrogens with one attached hydrogen (secondary N) is 1. The third-order valence-electron chi connectivity index (χ3n) is 1.14. The van der Waals surface area contributed by atoms with Crippen molar-refractivity contribution in [1.29, 1.82) is 0 Å². The van der Waals surface area contributed by atoms with Gasteiger partial charge < -0.3 is 10.1 Å². The van der Waals surface area contributed by atoms with Gasteiger partial charge in [0.15, 0.2) is 0 Å². The van der Waals surface area contributed by atoms with Crippen LogP contribution >= 0.6 is 12.6 Å². The molecular formula is C6H13NO2S. The van der Waals surface area contributed by atoms with Crippen LogP contribution in [0.15, 0.2) is 0 Å². The minimum Gasteiger partial charge on any atom is -0.469 e. The van der Waals surface area contributed by atoms with E-state index in [0.29, 0.717) is 12.3 Å². The molecule has 60 valence electrons. The van der Waals surface area contributed by atoms with Gasteiger partial charge in [0.1, 0.15) is 0 Å². The number of rotatable bonds is 4. The molecule has 4 heteroatoms. The zero-order valence-corrected chi connectivity index (χ0v) is 7.15. The molecule has 1 N–H and O–H groups in total. The molecule has 0 aliphatic carbocycles. The fourth-order valence-electron chi connectivity index (χ4n) is 0.561. The molecule has 0 heterocycles. The monoisotopic (exact) mass is 163 g/mol. The first-order valence-corrected chi connectivity index (χ1v) is 3.75. The van der Waals surface area contributed by atoms with Crippen LogP contribution in [-0.2, 0) is 9.53 Å². The molecule has 10 heavy (non-hydrogen) atoms. The third-order valence-corrected chi connectivity index (χ3v) is 1.32. The van der Waals surface area contributed by atoms with Crippen LogP contribution in [0, 0.1) is 0 Å². The number of thiol groups is 1. The predicted molar refractivity (Wildman–Crippen MR) is 43.1 cm³/mol. The van der Waals surface area contributed by atoms with Crippen LogP contribution in [0.2, 0.25) is 0 Å². The summed E-state index contributed by atoms with van der Waals surface area (Å²) in [5.74, 6) is 0.389. The lowest BCUT2D eigenvalue weighted by Crippen LogP contribution is -2.27. The Morgan fingerprint density at radius 3 is 2.80 bits per heavy atom. The van der Waals surface area contributed by atoms with Crippen LogP contribution < -0.4 is 5.32 Å². The second-order valence-corrected chi connectivity index (χ2v) is 2.36. The number of esters is 1. The molecule has 0 aromatic rings. The lowest BCUT2D eigenvalue weighted by atomic mass is 10.2.